The summed E-state index contributed by atoms with van der Waals surface area (Å²) in [6.45, 7) is 2.15. The van der Waals surface area contributed by atoms with E-state index in [0.29, 0.717) is 31.7 Å². The lowest BCUT2D eigenvalue weighted by Gasteiger charge is -2.36. The van der Waals surface area contributed by atoms with Crippen molar-refractivity contribution in [2.24, 2.45) is 12.8 Å². The predicted octanol–water partition coefficient (Wildman–Crippen LogP) is 1.41. The molecular formula is C22H24N6O2. The van der Waals surface area contributed by atoms with Gasteiger partial charge in [-0.1, -0.05) is 18.2 Å². The van der Waals surface area contributed by atoms with Gasteiger partial charge < -0.3 is 15.5 Å². The summed E-state index contributed by atoms with van der Waals surface area (Å²) in [5, 5.41) is 8.65. The van der Waals surface area contributed by atoms with E-state index in [-0.39, 0.29) is 11.8 Å². The molecule has 30 heavy (non-hydrogen) atoms. The molecule has 2 fully saturated rings. The highest BCUT2D eigenvalue weighted by Gasteiger charge is 2.48. The van der Waals surface area contributed by atoms with Gasteiger partial charge in [0, 0.05) is 38.8 Å². The van der Waals surface area contributed by atoms with Crippen molar-refractivity contribution in [1.82, 2.24) is 24.8 Å². The van der Waals surface area contributed by atoms with Crippen LogP contribution in [0.25, 0.3) is 22.2 Å². The van der Waals surface area contributed by atoms with Gasteiger partial charge in [-0.05, 0) is 48.2 Å². The van der Waals surface area contributed by atoms with Crippen LogP contribution >= 0.6 is 0 Å². The van der Waals surface area contributed by atoms with Crippen LogP contribution in [0.4, 0.5) is 0 Å². The first-order valence-corrected chi connectivity index (χ1v) is 10.2. The van der Waals surface area contributed by atoms with Crippen LogP contribution in [0.15, 0.2) is 42.5 Å². The molecule has 8 heteroatoms. The van der Waals surface area contributed by atoms with Crippen LogP contribution in [-0.2, 0) is 11.8 Å². The molecule has 2 heterocycles. The molecule has 8 nitrogen and oxygen atoms in total. The second kappa shape index (κ2) is 6.91. The Hall–Kier alpha value is -3.26. The van der Waals surface area contributed by atoms with Gasteiger partial charge in [0.05, 0.1) is 5.54 Å². The Morgan fingerprint density at radius 2 is 1.47 bits per heavy atom. The number of piperazine rings is 1. The number of nitrogens with zero attached hydrogens (tertiary/aromatic N) is 5. The molecule has 2 aliphatic rings. The van der Waals surface area contributed by atoms with Gasteiger partial charge in [-0.3, -0.25) is 9.59 Å². The minimum Gasteiger partial charge on any atom is -0.338 e. The number of carbonyl (C=O) groups is 2. The Morgan fingerprint density at radius 3 is 2.13 bits per heavy atom. The molecule has 2 aromatic carbocycles. The van der Waals surface area contributed by atoms with Crippen molar-refractivity contribution in [1.29, 1.82) is 0 Å². The van der Waals surface area contributed by atoms with E-state index in [9.17, 15) is 9.59 Å². The van der Waals surface area contributed by atoms with E-state index in [1.165, 1.54) is 0 Å². The number of rotatable bonds is 3. The zero-order valence-electron chi connectivity index (χ0n) is 16.9. The molecule has 0 radical (unpaired) electrons. The lowest BCUT2D eigenvalue weighted by molar-refractivity contribution is -0.135. The molecule has 1 aliphatic carbocycles. The number of aryl methyl sites for hydroxylation is 1. The SMILES string of the molecule is Cn1nc2ccc(-c3ccc(C(=O)N4CCN(C(=O)C5(N)CC5)CC4)cc3)cc2n1. The van der Waals surface area contributed by atoms with Gasteiger partial charge in [0.2, 0.25) is 5.91 Å². The molecular weight excluding hydrogens is 380 g/mol. The van der Waals surface area contributed by atoms with Crippen molar-refractivity contribution in [3.8, 4) is 11.1 Å². The molecule has 0 bridgehead atoms. The van der Waals surface area contributed by atoms with Crippen LogP contribution in [0.3, 0.4) is 0 Å². The Morgan fingerprint density at radius 1 is 0.867 bits per heavy atom. The average Bonchev–Trinajstić information content (AvgIpc) is 3.41. The summed E-state index contributed by atoms with van der Waals surface area (Å²) in [5.41, 5.74) is 9.78. The minimum absolute atomic E-state index is 0.00749. The number of fused-ring (bicyclic) bond motifs is 1. The maximum absolute atomic E-state index is 12.9. The number of nitrogens with two attached hydrogens (primary N) is 1. The second-order valence-corrected chi connectivity index (χ2v) is 8.21. The van der Waals surface area contributed by atoms with Crippen molar-refractivity contribution in [2.75, 3.05) is 26.2 Å². The van der Waals surface area contributed by atoms with Crippen LogP contribution < -0.4 is 5.73 Å². The third-order valence-electron chi connectivity index (χ3n) is 6.01. The number of amides is 2. The Labute approximate surface area is 174 Å². The van der Waals surface area contributed by atoms with Crippen LogP contribution in [0, 0.1) is 0 Å². The topological polar surface area (TPSA) is 97.4 Å². The fraction of sp³-hybridized carbons (Fsp3) is 0.364. The van der Waals surface area contributed by atoms with Gasteiger partial charge >= 0.3 is 0 Å². The highest BCUT2D eigenvalue weighted by atomic mass is 16.2. The molecule has 0 spiro atoms. The van der Waals surface area contributed by atoms with Gasteiger partial charge in [-0.25, -0.2) is 0 Å². The fourth-order valence-electron chi connectivity index (χ4n) is 3.97. The van der Waals surface area contributed by atoms with Gasteiger partial charge in [0.25, 0.3) is 5.91 Å². The summed E-state index contributed by atoms with van der Waals surface area (Å²) in [6, 6.07) is 13.6. The lowest BCUT2D eigenvalue weighted by atomic mass is 10.0. The molecule has 5 rings (SSSR count). The smallest absolute Gasteiger partial charge is 0.253 e. The minimum atomic E-state index is -0.643. The summed E-state index contributed by atoms with van der Waals surface area (Å²) < 4.78 is 0. The summed E-state index contributed by atoms with van der Waals surface area (Å²) in [6.07, 6.45) is 1.53. The largest absolute Gasteiger partial charge is 0.338 e. The number of benzene rings is 2. The van der Waals surface area contributed by atoms with Crippen molar-refractivity contribution >= 4 is 22.8 Å². The molecule has 0 unspecified atom stereocenters. The van der Waals surface area contributed by atoms with Crippen LogP contribution in [0.1, 0.15) is 23.2 Å². The third kappa shape index (κ3) is 3.33. The van der Waals surface area contributed by atoms with Crippen LogP contribution in [-0.4, -0.2) is 68.3 Å². The number of aromatic nitrogens is 3. The Bertz CT molecular complexity index is 1120. The molecule has 3 aromatic rings. The van der Waals surface area contributed by atoms with E-state index in [2.05, 4.69) is 10.2 Å². The first-order chi connectivity index (χ1) is 14.4. The summed E-state index contributed by atoms with van der Waals surface area (Å²) in [4.78, 5) is 30.4. The van der Waals surface area contributed by atoms with E-state index in [1.54, 1.807) is 21.6 Å². The summed E-state index contributed by atoms with van der Waals surface area (Å²) >= 11 is 0. The van der Waals surface area contributed by atoms with E-state index < -0.39 is 5.54 Å². The van der Waals surface area contributed by atoms with E-state index >= 15 is 0 Å². The van der Waals surface area contributed by atoms with E-state index in [0.717, 1.165) is 35.0 Å². The van der Waals surface area contributed by atoms with E-state index in [4.69, 9.17) is 5.73 Å². The Balaban J connectivity index is 1.26. The fourth-order valence-corrected chi connectivity index (χ4v) is 3.97. The lowest BCUT2D eigenvalue weighted by Crippen LogP contribution is -2.55. The maximum atomic E-state index is 12.9. The van der Waals surface area contributed by atoms with Crippen molar-refractivity contribution < 1.29 is 9.59 Å². The number of carbonyl (C=O) groups excluding carboxylic acids is 2. The van der Waals surface area contributed by atoms with Crippen LogP contribution in [0.2, 0.25) is 0 Å². The molecule has 1 saturated carbocycles. The number of hydrogen-bond donors (Lipinski definition) is 1. The molecule has 1 aromatic heterocycles. The zero-order valence-corrected chi connectivity index (χ0v) is 16.9. The average molecular weight is 404 g/mol. The van der Waals surface area contributed by atoms with Gasteiger partial charge in [0.15, 0.2) is 0 Å². The third-order valence-corrected chi connectivity index (χ3v) is 6.01. The normalized spacial score (nSPS) is 17.9. The van der Waals surface area contributed by atoms with Crippen molar-refractivity contribution in [3.05, 3.63) is 48.0 Å². The molecule has 0 atom stereocenters. The molecule has 2 N–H and O–H groups in total. The molecule has 154 valence electrons. The molecule has 2 amide bonds. The Kier molecular flexibility index (Phi) is 4.32. The van der Waals surface area contributed by atoms with E-state index in [1.807, 2.05) is 42.5 Å². The van der Waals surface area contributed by atoms with Gasteiger partial charge in [-0.15, -0.1) is 0 Å². The van der Waals surface area contributed by atoms with Crippen molar-refractivity contribution in [3.63, 3.8) is 0 Å². The highest BCUT2D eigenvalue weighted by molar-refractivity contribution is 5.95. The summed E-state index contributed by atoms with van der Waals surface area (Å²) in [5.74, 6) is 0.0194. The second-order valence-electron chi connectivity index (χ2n) is 8.21. The van der Waals surface area contributed by atoms with Crippen molar-refractivity contribution in [2.45, 2.75) is 18.4 Å². The van der Waals surface area contributed by atoms with Crippen LogP contribution in [0.5, 0.6) is 0 Å². The first kappa shape index (κ1) is 18.7. The highest BCUT2D eigenvalue weighted by Crippen LogP contribution is 2.34. The van der Waals surface area contributed by atoms with Gasteiger partial charge in [-0.2, -0.15) is 15.0 Å². The zero-order chi connectivity index (χ0) is 20.9. The number of hydrogen-bond acceptors (Lipinski definition) is 5. The standard InChI is InChI=1S/C22H24N6O2/c1-26-24-18-7-6-17(14-19(18)25-26)15-2-4-16(5-3-15)20(29)27-10-12-28(13-11-27)21(30)22(23)8-9-22/h2-7,14H,8-13,23H2,1H3. The maximum Gasteiger partial charge on any atom is 0.253 e. The predicted molar refractivity (Wildman–Crippen MR) is 113 cm³/mol. The molecule has 1 saturated heterocycles. The quantitative estimate of drug-likeness (QED) is 0.712. The summed E-state index contributed by atoms with van der Waals surface area (Å²) in [7, 11) is 1.80. The molecule has 1 aliphatic heterocycles. The monoisotopic (exact) mass is 404 g/mol. The first-order valence-electron chi connectivity index (χ1n) is 10.2. The van der Waals surface area contributed by atoms with Gasteiger partial charge in [0.1, 0.15) is 11.0 Å².